The van der Waals surface area contributed by atoms with Crippen LogP contribution in [0.25, 0.3) is 0 Å². The van der Waals surface area contributed by atoms with Crippen molar-refractivity contribution >= 4 is 8.72 Å². The van der Waals surface area contributed by atoms with Gasteiger partial charge in [-0.1, -0.05) is 27.7 Å². The van der Waals surface area contributed by atoms with Gasteiger partial charge in [0.2, 0.25) is 0 Å². The summed E-state index contributed by atoms with van der Waals surface area (Å²) in [4.78, 5) is 0. The molecule has 80 valence electrons. The highest BCUT2D eigenvalue weighted by Gasteiger charge is 2.40. The lowest BCUT2D eigenvalue weighted by Crippen LogP contribution is -2.60. The molecule has 0 amide bonds. The first-order valence-electron chi connectivity index (χ1n) is 4.77. The van der Waals surface area contributed by atoms with Gasteiger partial charge in [-0.2, -0.15) is 0 Å². The van der Waals surface area contributed by atoms with Crippen molar-refractivity contribution in [2.75, 3.05) is 14.2 Å². The Morgan fingerprint density at radius 1 is 0.923 bits per heavy atom. The molecule has 0 aliphatic heterocycles. The van der Waals surface area contributed by atoms with E-state index >= 15 is 0 Å². The third-order valence-electron chi connectivity index (χ3n) is 2.34. The van der Waals surface area contributed by atoms with Gasteiger partial charge in [-0.15, -0.1) is 0 Å². The predicted octanol–water partition coefficient (Wildman–Crippen LogP) is 1.97. The Morgan fingerprint density at radius 3 is 1.31 bits per heavy atom. The van der Waals surface area contributed by atoms with E-state index in [9.17, 15) is 0 Å². The van der Waals surface area contributed by atoms with Crippen LogP contribution in [0.5, 0.6) is 0 Å². The Labute approximate surface area is 83.4 Å². The number of hydrogen-bond acceptors (Lipinski definition) is 3. The molecule has 0 bridgehead atoms. The SMILES string of the molecule is CO[Si](C)(OC)N(C(C)C)C(C)C. The summed E-state index contributed by atoms with van der Waals surface area (Å²) in [6.07, 6.45) is 0. The van der Waals surface area contributed by atoms with Gasteiger partial charge in [0.15, 0.2) is 0 Å². The second-order valence-electron chi connectivity index (χ2n) is 3.90. The first-order chi connectivity index (χ1) is 5.89. The molecule has 0 aliphatic rings. The zero-order valence-corrected chi connectivity index (χ0v) is 10.9. The normalized spacial score (nSPS) is 13.4. The minimum absolute atomic E-state index is 0.455. The molecule has 0 saturated heterocycles. The van der Waals surface area contributed by atoms with Gasteiger partial charge in [-0.3, -0.25) is 4.57 Å². The molecular formula is C9H23NO2Si. The lowest BCUT2D eigenvalue weighted by molar-refractivity contribution is 0.131. The fourth-order valence-corrected chi connectivity index (χ4v) is 4.29. The molecule has 0 unspecified atom stereocenters. The molecule has 0 fully saturated rings. The second-order valence-corrected chi connectivity index (χ2v) is 7.03. The molecule has 0 heterocycles. The minimum Gasteiger partial charge on any atom is -0.386 e. The molecule has 0 spiro atoms. The van der Waals surface area contributed by atoms with Gasteiger partial charge in [0.25, 0.3) is 0 Å². The quantitative estimate of drug-likeness (QED) is 0.641. The highest BCUT2D eigenvalue weighted by molar-refractivity contribution is 6.63. The van der Waals surface area contributed by atoms with E-state index in [1.807, 2.05) is 0 Å². The summed E-state index contributed by atoms with van der Waals surface area (Å²) in [6, 6.07) is 0.910. The molecule has 0 rings (SSSR count). The summed E-state index contributed by atoms with van der Waals surface area (Å²) in [6.45, 7) is 10.8. The molecule has 0 saturated carbocycles. The lowest BCUT2D eigenvalue weighted by atomic mass is 10.3. The average Bonchev–Trinajstić information content (AvgIpc) is 2.02. The molecular weight excluding hydrogens is 182 g/mol. The van der Waals surface area contributed by atoms with Crippen molar-refractivity contribution in [1.82, 2.24) is 4.57 Å². The summed E-state index contributed by atoms with van der Waals surface area (Å²) in [5, 5.41) is 0. The molecule has 0 atom stereocenters. The maximum absolute atomic E-state index is 5.51. The first kappa shape index (κ1) is 13.1. The van der Waals surface area contributed by atoms with E-state index in [0.717, 1.165) is 0 Å². The van der Waals surface area contributed by atoms with Crippen molar-refractivity contribution < 1.29 is 8.85 Å². The standard InChI is InChI=1S/C9H23NO2Si/c1-8(2)10(9(3)4)13(7,11-5)12-6/h8-9H,1-7H3. The van der Waals surface area contributed by atoms with E-state index in [0.29, 0.717) is 12.1 Å². The highest BCUT2D eigenvalue weighted by atomic mass is 28.4. The van der Waals surface area contributed by atoms with Gasteiger partial charge in [0.1, 0.15) is 0 Å². The van der Waals surface area contributed by atoms with Crippen molar-refractivity contribution in [2.24, 2.45) is 0 Å². The zero-order valence-electron chi connectivity index (χ0n) is 9.92. The minimum atomic E-state index is -2.12. The van der Waals surface area contributed by atoms with Crippen molar-refractivity contribution in [3.63, 3.8) is 0 Å². The van der Waals surface area contributed by atoms with Crippen molar-refractivity contribution in [2.45, 2.75) is 46.3 Å². The summed E-state index contributed by atoms with van der Waals surface area (Å²) in [7, 11) is 1.34. The van der Waals surface area contributed by atoms with Gasteiger partial charge < -0.3 is 8.85 Å². The second kappa shape index (κ2) is 5.10. The summed E-state index contributed by atoms with van der Waals surface area (Å²) in [5.41, 5.74) is 0. The molecule has 13 heavy (non-hydrogen) atoms. The van der Waals surface area contributed by atoms with Gasteiger partial charge in [0, 0.05) is 26.3 Å². The van der Waals surface area contributed by atoms with Crippen LogP contribution in [-0.2, 0) is 8.85 Å². The third kappa shape index (κ3) is 3.05. The van der Waals surface area contributed by atoms with Crippen LogP contribution in [0.15, 0.2) is 0 Å². The van der Waals surface area contributed by atoms with Crippen LogP contribution in [0.1, 0.15) is 27.7 Å². The monoisotopic (exact) mass is 205 g/mol. The predicted molar refractivity (Wildman–Crippen MR) is 57.7 cm³/mol. The summed E-state index contributed by atoms with van der Waals surface area (Å²) >= 11 is 0. The van der Waals surface area contributed by atoms with E-state index < -0.39 is 8.72 Å². The Hall–Kier alpha value is 0.0969. The van der Waals surface area contributed by atoms with E-state index in [2.05, 4.69) is 38.8 Å². The van der Waals surface area contributed by atoms with Crippen LogP contribution < -0.4 is 0 Å². The van der Waals surface area contributed by atoms with Gasteiger partial charge in [0.05, 0.1) is 0 Å². The Morgan fingerprint density at radius 2 is 1.23 bits per heavy atom. The molecule has 0 aliphatic carbocycles. The molecule has 4 heteroatoms. The van der Waals surface area contributed by atoms with Crippen LogP contribution in [0.3, 0.4) is 0 Å². The first-order valence-corrected chi connectivity index (χ1v) is 7.04. The van der Waals surface area contributed by atoms with E-state index in [1.165, 1.54) is 0 Å². The fraction of sp³-hybridized carbons (Fsp3) is 1.00. The maximum Gasteiger partial charge on any atom is 0.424 e. The van der Waals surface area contributed by atoms with E-state index in [1.54, 1.807) is 14.2 Å². The Bertz CT molecular complexity index is 139. The molecule has 0 aromatic carbocycles. The van der Waals surface area contributed by atoms with Gasteiger partial charge in [-0.05, 0) is 6.55 Å². The topological polar surface area (TPSA) is 21.7 Å². The summed E-state index contributed by atoms with van der Waals surface area (Å²) < 4.78 is 13.4. The largest absolute Gasteiger partial charge is 0.424 e. The Kier molecular flexibility index (Phi) is 5.13. The van der Waals surface area contributed by atoms with Gasteiger partial charge in [-0.25, -0.2) is 0 Å². The number of rotatable bonds is 5. The van der Waals surface area contributed by atoms with Crippen LogP contribution >= 0.6 is 0 Å². The van der Waals surface area contributed by atoms with Crippen LogP contribution in [0.2, 0.25) is 6.55 Å². The molecule has 0 N–H and O–H groups in total. The highest BCUT2D eigenvalue weighted by Crippen LogP contribution is 2.18. The number of hydrogen-bond donors (Lipinski definition) is 0. The van der Waals surface area contributed by atoms with Crippen LogP contribution in [-0.4, -0.2) is 39.6 Å². The lowest BCUT2D eigenvalue weighted by Gasteiger charge is -2.41. The van der Waals surface area contributed by atoms with Crippen molar-refractivity contribution in [1.29, 1.82) is 0 Å². The maximum atomic E-state index is 5.51. The molecule has 0 aromatic rings. The molecule has 0 aromatic heterocycles. The fourth-order valence-electron chi connectivity index (χ4n) is 1.83. The number of nitrogens with zero attached hydrogens (tertiary/aromatic N) is 1. The van der Waals surface area contributed by atoms with Gasteiger partial charge >= 0.3 is 8.72 Å². The van der Waals surface area contributed by atoms with Crippen LogP contribution in [0.4, 0.5) is 0 Å². The smallest absolute Gasteiger partial charge is 0.386 e. The van der Waals surface area contributed by atoms with Crippen molar-refractivity contribution in [3.8, 4) is 0 Å². The third-order valence-corrected chi connectivity index (χ3v) is 5.82. The molecule has 3 nitrogen and oxygen atoms in total. The van der Waals surface area contributed by atoms with E-state index in [-0.39, 0.29) is 0 Å². The van der Waals surface area contributed by atoms with Crippen LogP contribution in [0, 0.1) is 0 Å². The van der Waals surface area contributed by atoms with E-state index in [4.69, 9.17) is 8.85 Å². The average molecular weight is 205 g/mol. The van der Waals surface area contributed by atoms with Crippen molar-refractivity contribution in [3.05, 3.63) is 0 Å². The summed E-state index contributed by atoms with van der Waals surface area (Å²) in [5.74, 6) is 0. The zero-order chi connectivity index (χ0) is 10.6. The molecule has 0 radical (unpaired) electrons. The Balaban J connectivity index is 4.69.